The molecule has 1 aromatic heterocycles. The van der Waals surface area contributed by atoms with E-state index in [1.54, 1.807) is 0 Å². The predicted molar refractivity (Wildman–Crippen MR) is 70.8 cm³/mol. The topological polar surface area (TPSA) is 51.1 Å². The maximum atomic E-state index is 10.9. The van der Waals surface area contributed by atoms with Gasteiger partial charge >= 0.3 is 0 Å². The number of aromatic nitrogens is 1. The van der Waals surface area contributed by atoms with E-state index in [0.29, 0.717) is 6.42 Å². The number of nitrogens with zero attached hydrogens (tertiary/aromatic N) is 1. The normalized spacial score (nSPS) is 11.9. The van der Waals surface area contributed by atoms with E-state index in [0.717, 1.165) is 26.1 Å². The molecule has 1 aromatic rings. The first-order valence-electron chi connectivity index (χ1n) is 6.05. The highest BCUT2D eigenvalue weighted by atomic mass is 32.2. The van der Waals surface area contributed by atoms with Gasteiger partial charge in [0, 0.05) is 31.2 Å². The summed E-state index contributed by atoms with van der Waals surface area (Å²) in [5.41, 5.74) is 1.26. The quantitative estimate of drug-likeness (QED) is 0.718. The van der Waals surface area contributed by atoms with E-state index in [9.17, 15) is 8.42 Å². The minimum atomic E-state index is -2.82. The second-order valence-electron chi connectivity index (χ2n) is 4.35. The number of nitrogens with one attached hydrogen (secondary N) is 1. The third-order valence-electron chi connectivity index (χ3n) is 2.56. The van der Waals surface area contributed by atoms with Crippen LogP contribution in [-0.2, 0) is 22.9 Å². The van der Waals surface area contributed by atoms with Crippen molar-refractivity contribution >= 4 is 9.84 Å². The van der Waals surface area contributed by atoms with Crippen molar-refractivity contribution in [3.8, 4) is 0 Å². The lowest BCUT2D eigenvalue weighted by Crippen LogP contribution is -2.19. The maximum Gasteiger partial charge on any atom is 0.147 e. The second-order valence-corrected chi connectivity index (χ2v) is 6.61. The van der Waals surface area contributed by atoms with Gasteiger partial charge in [0.2, 0.25) is 0 Å². The van der Waals surface area contributed by atoms with Gasteiger partial charge in [-0.2, -0.15) is 0 Å². The van der Waals surface area contributed by atoms with Gasteiger partial charge < -0.3 is 9.88 Å². The molecule has 0 saturated carbocycles. The fourth-order valence-corrected chi connectivity index (χ4v) is 2.41. The van der Waals surface area contributed by atoms with Crippen LogP contribution in [0.25, 0.3) is 0 Å². The van der Waals surface area contributed by atoms with Crippen LogP contribution < -0.4 is 5.32 Å². The molecule has 0 fully saturated rings. The van der Waals surface area contributed by atoms with Crippen LogP contribution in [0.5, 0.6) is 0 Å². The van der Waals surface area contributed by atoms with Crippen LogP contribution in [0.1, 0.15) is 25.5 Å². The minimum absolute atomic E-state index is 0.260. The van der Waals surface area contributed by atoms with Gasteiger partial charge in [0.25, 0.3) is 0 Å². The Hall–Kier alpha value is -0.810. The molecule has 0 saturated heterocycles. The average Bonchev–Trinajstić information content (AvgIpc) is 2.64. The summed E-state index contributed by atoms with van der Waals surface area (Å²) in [6.07, 6.45) is 5.15. The molecule has 1 N–H and O–H groups in total. The Bertz CT molecular complexity index is 423. The van der Waals surface area contributed by atoms with Crippen LogP contribution in [0.3, 0.4) is 0 Å². The number of aryl methyl sites for hydroxylation is 1. The molecule has 98 valence electrons. The van der Waals surface area contributed by atoms with Gasteiger partial charge in [0.1, 0.15) is 9.84 Å². The molecule has 1 rings (SSSR count). The smallest absolute Gasteiger partial charge is 0.147 e. The van der Waals surface area contributed by atoms with E-state index in [2.05, 4.69) is 29.1 Å². The van der Waals surface area contributed by atoms with Crippen molar-refractivity contribution in [3.05, 3.63) is 24.0 Å². The molecular weight excluding hydrogens is 236 g/mol. The SMILES string of the molecule is CCCn1cccc1CNCCCS(C)(=O)=O. The molecule has 17 heavy (non-hydrogen) atoms. The van der Waals surface area contributed by atoms with Crippen molar-refractivity contribution < 1.29 is 8.42 Å². The van der Waals surface area contributed by atoms with Crippen LogP contribution in [-0.4, -0.2) is 31.5 Å². The van der Waals surface area contributed by atoms with Crippen molar-refractivity contribution in [1.82, 2.24) is 9.88 Å². The zero-order valence-corrected chi connectivity index (χ0v) is 11.5. The van der Waals surface area contributed by atoms with Gasteiger partial charge in [0.15, 0.2) is 0 Å². The molecule has 0 aromatic carbocycles. The predicted octanol–water partition coefficient (Wildman–Crippen LogP) is 1.42. The fraction of sp³-hybridized carbons (Fsp3) is 0.667. The van der Waals surface area contributed by atoms with Gasteiger partial charge in [-0.05, 0) is 31.5 Å². The summed E-state index contributed by atoms with van der Waals surface area (Å²) in [7, 11) is -2.82. The highest BCUT2D eigenvalue weighted by Crippen LogP contribution is 2.03. The molecule has 0 radical (unpaired) electrons. The number of hydrogen-bond donors (Lipinski definition) is 1. The highest BCUT2D eigenvalue weighted by molar-refractivity contribution is 7.90. The van der Waals surface area contributed by atoms with E-state index in [1.165, 1.54) is 11.9 Å². The van der Waals surface area contributed by atoms with Crippen LogP contribution >= 0.6 is 0 Å². The standard InChI is InChI=1S/C12H22N2O2S/c1-3-8-14-9-4-6-12(14)11-13-7-5-10-17(2,15)16/h4,6,9,13H,3,5,7-8,10-11H2,1-2H3. The summed E-state index contributed by atoms with van der Waals surface area (Å²) in [4.78, 5) is 0. The molecule has 0 amide bonds. The van der Waals surface area contributed by atoms with Gasteiger partial charge in [-0.1, -0.05) is 6.92 Å². The van der Waals surface area contributed by atoms with Crippen LogP contribution in [0, 0.1) is 0 Å². The third kappa shape index (κ3) is 5.89. The van der Waals surface area contributed by atoms with Crippen molar-refractivity contribution in [2.24, 2.45) is 0 Å². The monoisotopic (exact) mass is 258 g/mol. The lowest BCUT2D eigenvalue weighted by Gasteiger charge is -2.08. The molecule has 0 unspecified atom stereocenters. The molecule has 0 aliphatic heterocycles. The third-order valence-corrected chi connectivity index (χ3v) is 3.59. The largest absolute Gasteiger partial charge is 0.350 e. The van der Waals surface area contributed by atoms with E-state index >= 15 is 0 Å². The highest BCUT2D eigenvalue weighted by Gasteiger charge is 2.02. The first-order chi connectivity index (χ1) is 8.03. The zero-order chi connectivity index (χ0) is 12.7. The molecule has 4 nitrogen and oxygen atoms in total. The molecule has 5 heteroatoms. The van der Waals surface area contributed by atoms with Crippen LogP contribution in [0.4, 0.5) is 0 Å². The van der Waals surface area contributed by atoms with E-state index < -0.39 is 9.84 Å². The average molecular weight is 258 g/mol. The van der Waals surface area contributed by atoms with E-state index in [4.69, 9.17) is 0 Å². The second kappa shape index (κ2) is 6.81. The Morgan fingerprint density at radius 1 is 1.41 bits per heavy atom. The van der Waals surface area contributed by atoms with Crippen molar-refractivity contribution in [1.29, 1.82) is 0 Å². The number of hydrogen-bond acceptors (Lipinski definition) is 3. The maximum absolute atomic E-state index is 10.9. The Balaban J connectivity index is 2.24. The summed E-state index contributed by atoms with van der Waals surface area (Å²) >= 11 is 0. The Morgan fingerprint density at radius 3 is 2.82 bits per heavy atom. The van der Waals surface area contributed by atoms with Crippen molar-refractivity contribution in [2.45, 2.75) is 32.9 Å². The van der Waals surface area contributed by atoms with Crippen LogP contribution in [0.15, 0.2) is 18.3 Å². The summed E-state index contributed by atoms with van der Waals surface area (Å²) in [5.74, 6) is 0.260. The Labute approximate surface area is 104 Å². The van der Waals surface area contributed by atoms with Gasteiger partial charge in [-0.25, -0.2) is 8.42 Å². The lowest BCUT2D eigenvalue weighted by atomic mass is 10.4. The van der Waals surface area contributed by atoms with E-state index in [1.807, 2.05) is 6.07 Å². The minimum Gasteiger partial charge on any atom is -0.350 e. The molecule has 0 aliphatic rings. The molecule has 0 aliphatic carbocycles. The van der Waals surface area contributed by atoms with E-state index in [-0.39, 0.29) is 5.75 Å². The number of rotatable bonds is 8. The van der Waals surface area contributed by atoms with Crippen molar-refractivity contribution in [3.63, 3.8) is 0 Å². The zero-order valence-electron chi connectivity index (χ0n) is 10.6. The summed E-state index contributed by atoms with van der Waals surface area (Å²) in [6, 6.07) is 4.14. The van der Waals surface area contributed by atoms with Crippen LogP contribution in [0.2, 0.25) is 0 Å². The Kier molecular flexibility index (Phi) is 5.71. The summed E-state index contributed by atoms with van der Waals surface area (Å²) in [6.45, 7) is 4.73. The fourth-order valence-electron chi connectivity index (χ4n) is 1.74. The first-order valence-corrected chi connectivity index (χ1v) is 8.11. The molecule has 0 bridgehead atoms. The molecular formula is C12H22N2O2S. The van der Waals surface area contributed by atoms with Gasteiger partial charge in [-0.3, -0.25) is 0 Å². The molecule has 1 heterocycles. The first kappa shape index (κ1) is 14.3. The molecule has 0 atom stereocenters. The Morgan fingerprint density at radius 2 is 2.18 bits per heavy atom. The lowest BCUT2D eigenvalue weighted by molar-refractivity contribution is 0.584. The van der Waals surface area contributed by atoms with Crippen molar-refractivity contribution in [2.75, 3.05) is 18.6 Å². The van der Waals surface area contributed by atoms with Gasteiger partial charge in [0.05, 0.1) is 5.75 Å². The summed E-state index contributed by atoms with van der Waals surface area (Å²) < 4.78 is 24.1. The van der Waals surface area contributed by atoms with Gasteiger partial charge in [-0.15, -0.1) is 0 Å². The summed E-state index contributed by atoms with van der Waals surface area (Å²) in [5, 5.41) is 3.27. The number of sulfone groups is 1. The molecule has 0 spiro atoms.